The average molecular weight is 431 g/mol. The van der Waals surface area contributed by atoms with Crippen LogP contribution >= 0.6 is 12.4 Å². The number of carbonyl (C=O) groups is 1. The molecule has 1 aromatic heterocycles. The van der Waals surface area contributed by atoms with Crippen molar-refractivity contribution in [2.75, 3.05) is 19.7 Å². The van der Waals surface area contributed by atoms with Crippen molar-refractivity contribution in [2.45, 2.75) is 38.5 Å². The number of alkyl halides is 2. The van der Waals surface area contributed by atoms with Gasteiger partial charge in [0.05, 0.1) is 6.61 Å². The van der Waals surface area contributed by atoms with E-state index in [1.807, 2.05) is 0 Å². The molecule has 3 rings (SSSR count). The van der Waals surface area contributed by atoms with Gasteiger partial charge in [0.2, 0.25) is 5.91 Å². The number of nitrogens with one attached hydrogen (secondary N) is 2. The van der Waals surface area contributed by atoms with Crippen LogP contribution in [0.5, 0.6) is 11.5 Å². The Hall–Kier alpha value is -2.39. The van der Waals surface area contributed by atoms with Crippen LogP contribution in [0.25, 0.3) is 0 Å². The third kappa shape index (κ3) is 5.36. The molecule has 1 aliphatic heterocycles. The van der Waals surface area contributed by atoms with Gasteiger partial charge in [0.15, 0.2) is 11.5 Å². The predicted molar refractivity (Wildman–Crippen MR) is 106 cm³/mol. The molecule has 0 aliphatic carbocycles. The minimum absolute atomic E-state index is 0. The number of halogens is 3. The largest absolute Gasteiger partial charge is 0.490 e. The van der Waals surface area contributed by atoms with Crippen LogP contribution in [0.15, 0.2) is 36.7 Å². The van der Waals surface area contributed by atoms with E-state index in [9.17, 15) is 13.6 Å². The van der Waals surface area contributed by atoms with E-state index in [4.69, 9.17) is 4.74 Å². The van der Waals surface area contributed by atoms with Gasteiger partial charge in [-0.05, 0) is 56.6 Å². The van der Waals surface area contributed by atoms with E-state index < -0.39 is 12.2 Å². The molecule has 1 fully saturated rings. The maximum atomic E-state index is 13.1. The molecule has 2 aromatic rings. The van der Waals surface area contributed by atoms with Crippen molar-refractivity contribution in [3.8, 4) is 11.5 Å². The fraction of sp³-hybridized carbons (Fsp3) is 0.474. The van der Waals surface area contributed by atoms with Crippen LogP contribution in [-0.2, 0) is 16.9 Å². The quantitative estimate of drug-likeness (QED) is 0.673. The van der Waals surface area contributed by atoms with E-state index in [1.165, 1.54) is 6.07 Å². The van der Waals surface area contributed by atoms with E-state index in [-0.39, 0.29) is 36.4 Å². The molecule has 2 heterocycles. The van der Waals surface area contributed by atoms with Crippen molar-refractivity contribution in [1.82, 2.24) is 20.4 Å². The van der Waals surface area contributed by atoms with Crippen molar-refractivity contribution in [2.24, 2.45) is 0 Å². The van der Waals surface area contributed by atoms with Crippen LogP contribution in [0.2, 0.25) is 0 Å². The van der Waals surface area contributed by atoms with E-state index in [1.54, 1.807) is 42.2 Å². The molecule has 0 spiro atoms. The predicted octanol–water partition coefficient (Wildman–Crippen LogP) is 2.70. The molecule has 0 radical (unpaired) electrons. The number of piperidine rings is 1. The van der Waals surface area contributed by atoms with E-state index in [0.29, 0.717) is 19.4 Å². The average Bonchev–Trinajstić information content (AvgIpc) is 3.23. The van der Waals surface area contributed by atoms with Crippen LogP contribution < -0.4 is 20.1 Å². The molecule has 0 saturated carbocycles. The monoisotopic (exact) mass is 430 g/mol. The molecular weight excluding hydrogens is 406 g/mol. The third-order valence-electron chi connectivity index (χ3n) is 4.77. The summed E-state index contributed by atoms with van der Waals surface area (Å²) in [6.07, 6.45) is 4.72. The normalized spacial score (nSPS) is 15.4. The van der Waals surface area contributed by atoms with Gasteiger partial charge in [-0.25, -0.2) is 0 Å². The van der Waals surface area contributed by atoms with Crippen LogP contribution in [0.1, 0.15) is 25.3 Å². The summed E-state index contributed by atoms with van der Waals surface area (Å²) in [5.41, 5.74) is -0.0149. The number of carbonyl (C=O) groups excluding carboxylic acids is 1. The number of ether oxygens (including phenoxy) is 2. The number of aromatic nitrogens is 2. The number of benzene rings is 1. The molecular formula is C19H25ClF2N4O3. The van der Waals surface area contributed by atoms with Gasteiger partial charge in [-0.3, -0.25) is 9.48 Å². The van der Waals surface area contributed by atoms with Crippen molar-refractivity contribution in [3.63, 3.8) is 0 Å². The Morgan fingerprint density at radius 3 is 2.72 bits per heavy atom. The Labute approximate surface area is 174 Å². The molecule has 1 saturated heterocycles. The molecule has 1 aliphatic rings. The lowest BCUT2D eigenvalue weighted by Gasteiger charge is -2.36. The van der Waals surface area contributed by atoms with Gasteiger partial charge in [-0.1, -0.05) is 6.07 Å². The SMILES string of the molecule is CCOc1cc(CNC(=O)C2(n3cccn3)CCNCC2)ccc1OC(F)F.Cl. The summed E-state index contributed by atoms with van der Waals surface area (Å²) in [5.74, 6) is 0.0695. The van der Waals surface area contributed by atoms with Gasteiger partial charge in [-0.2, -0.15) is 13.9 Å². The van der Waals surface area contributed by atoms with Crippen LogP contribution in [0.3, 0.4) is 0 Å². The fourth-order valence-corrected chi connectivity index (χ4v) is 3.39. The molecule has 160 valence electrons. The zero-order valence-electron chi connectivity index (χ0n) is 16.1. The summed E-state index contributed by atoms with van der Waals surface area (Å²) in [4.78, 5) is 13.1. The van der Waals surface area contributed by atoms with Crippen molar-refractivity contribution in [1.29, 1.82) is 0 Å². The van der Waals surface area contributed by atoms with Gasteiger partial charge in [0.25, 0.3) is 0 Å². The summed E-state index contributed by atoms with van der Waals surface area (Å²) in [5, 5.41) is 10.5. The van der Waals surface area contributed by atoms with Crippen molar-refractivity contribution < 1.29 is 23.0 Å². The van der Waals surface area contributed by atoms with Crippen molar-refractivity contribution in [3.05, 3.63) is 42.2 Å². The highest BCUT2D eigenvalue weighted by atomic mass is 35.5. The molecule has 7 nitrogen and oxygen atoms in total. The zero-order chi connectivity index (χ0) is 20.0. The number of hydrogen-bond acceptors (Lipinski definition) is 5. The lowest BCUT2D eigenvalue weighted by atomic mass is 9.87. The lowest BCUT2D eigenvalue weighted by Crippen LogP contribution is -2.54. The summed E-state index contributed by atoms with van der Waals surface area (Å²) in [6, 6.07) is 6.45. The summed E-state index contributed by atoms with van der Waals surface area (Å²) < 4.78 is 36.6. The number of nitrogens with zero attached hydrogens (tertiary/aromatic N) is 2. The third-order valence-corrected chi connectivity index (χ3v) is 4.77. The van der Waals surface area contributed by atoms with E-state index in [2.05, 4.69) is 20.5 Å². The number of hydrogen-bond donors (Lipinski definition) is 2. The molecule has 0 atom stereocenters. The minimum atomic E-state index is -2.93. The molecule has 1 aromatic carbocycles. The summed E-state index contributed by atoms with van der Waals surface area (Å²) in [6.45, 7) is 0.822. The Morgan fingerprint density at radius 2 is 2.10 bits per heavy atom. The first-order valence-corrected chi connectivity index (χ1v) is 9.25. The first-order chi connectivity index (χ1) is 13.5. The minimum Gasteiger partial charge on any atom is -0.490 e. The highest BCUT2D eigenvalue weighted by Crippen LogP contribution is 2.31. The molecule has 0 unspecified atom stereocenters. The first kappa shape index (κ1) is 22.9. The second-order valence-corrected chi connectivity index (χ2v) is 6.51. The maximum Gasteiger partial charge on any atom is 0.387 e. The second-order valence-electron chi connectivity index (χ2n) is 6.51. The van der Waals surface area contributed by atoms with Crippen LogP contribution in [0, 0.1) is 0 Å². The van der Waals surface area contributed by atoms with E-state index in [0.717, 1.165) is 18.7 Å². The second kappa shape index (κ2) is 10.4. The Morgan fingerprint density at radius 1 is 1.34 bits per heavy atom. The number of rotatable bonds is 8. The van der Waals surface area contributed by atoms with Gasteiger partial charge >= 0.3 is 6.61 Å². The topological polar surface area (TPSA) is 77.4 Å². The molecule has 29 heavy (non-hydrogen) atoms. The van der Waals surface area contributed by atoms with Gasteiger partial charge < -0.3 is 20.1 Å². The van der Waals surface area contributed by atoms with Gasteiger partial charge in [0.1, 0.15) is 5.54 Å². The Balaban J connectivity index is 0.00000300. The van der Waals surface area contributed by atoms with Gasteiger partial charge in [0, 0.05) is 18.9 Å². The smallest absolute Gasteiger partial charge is 0.387 e. The zero-order valence-corrected chi connectivity index (χ0v) is 16.9. The van der Waals surface area contributed by atoms with Crippen LogP contribution in [-0.4, -0.2) is 42.0 Å². The maximum absolute atomic E-state index is 13.1. The molecule has 1 amide bonds. The molecule has 2 N–H and O–H groups in total. The molecule has 0 bridgehead atoms. The molecule has 10 heteroatoms. The lowest BCUT2D eigenvalue weighted by molar-refractivity contribution is -0.132. The van der Waals surface area contributed by atoms with Crippen LogP contribution in [0.4, 0.5) is 8.78 Å². The van der Waals surface area contributed by atoms with E-state index >= 15 is 0 Å². The summed E-state index contributed by atoms with van der Waals surface area (Å²) in [7, 11) is 0. The van der Waals surface area contributed by atoms with Crippen molar-refractivity contribution >= 4 is 18.3 Å². The number of amides is 1. The Bertz CT molecular complexity index is 784. The first-order valence-electron chi connectivity index (χ1n) is 9.25. The van der Waals surface area contributed by atoms with Gasteiger partial charge in [-0.15, -0.1) is 12.4 Å². The Kier molecular flexibility index (Phi) is 8.21. The standard InChI is InChI=1S/C19H24F2N4O3.ClH/c1-2-27-16-12-14(4-5-15(16)28-18(20)21)13-23-17(26)19(6-9-22-10-7-19)25-11-3-8-24-25;/h3-5,8,11-12,18,22H,2,6-7,9-10,13H2,1H3,(H,23,26);1H. The fourth-order valence-electron chi connectivity index (χ4n) is 3.39. The highest BCUT2D eigenvalue weighted by molar-refractivity contribution is 5.85. The summed E-state index contributed by atoms with van der Waals surface area (Å²) >= 11 is 0. The highest BCUT2D eigenvalue weighted by Gasteiger charge is 2.41.